The zero-order valence-electron chi connectivity index (χ0n) is 10.8. The van der Waals surface area contributed by atoms with Crippen molar-refractivity contribution in [1.82, 2.24) is 14.7 Å². The van der Waals surface area contributed by atoms with Gasteiger partial charge in [-0.15, -0.1) is 0 Å². The number of aromatic nitrogens is 2. The van der Waals surface area contributed by atoms with E-state index in [9.17, 15) is 9.59 Å². The molecule has 0 unspecified atom stereocenters. The predicted molar refractivity (Wildman–Crippen MR) is 73.1 cm³/mol. The predicted octanol–water partition coefficient (Wildman–Crippen LogP) is 1.15. The zero-order valence-corrected chi connectivity index (χ0v) is 10.8. The number of imide groups is 1. The minimum atomic E-state index is -0.217. The van der Waals surface area contributed by atoms with Crippen LogP contribution in [0.3, 0.4) is 0 Å². The number of anilines is 1. The Morgan fingerprint density at radius 1 is 1.00 bits per heavy atom. The lowest BCUT2D eigenvalue weighted by molar-refractivity contribution is 0.0650. The third-order valence-electron chi connectivity index (χ3n) is 3.31. The highest BCUT2D eigenvalue weighted by Crippen LogP contribution is 2.22. The molecule has 1 aromatic carbocycles. The van der Waals surface area contributed by atoms with Crippen molar-refractivity contribution in [2.75, 3.05) is 12.3 Å². The number of nitrogens with two attached hydrogens (primary N) is 1. The largest absolute Gasteiger partial charge is 0.382 e. The number of rotatable bonds is 4. The summed E-state index contributed by atoms with van der Waals surface area (Å²) in [6.07, 6.45) is 2.42. The molecule has 0 atom stereocenters. The Labute approximate surface area is 115 Å². The molecule has 0 spiro atoms. The number of carbonyl (C=O) groups is 2. The molecule has 3 rings (SSSR count). The summed E-state index contributed by atoms with van der Waals surface area (Å²) < 4.78 is 1.70. The van der Waals surface area contributed by atoms with Crippen molar-refractivity contribution in [3.63, 3.8) is 0 Å². The molecule has 2 amide bonds. The average Bonchev–Trinajstić information content (AvgIpc) is 2.97. The quantitative estimate of drug-likeness (QED) is 0.845. The number of fused-ring (bicyclic) bond motifs is 1. The van der Waals surface area contributed by atoms with Gasteiger partial charge in [0.25, 0.3) is 11.8 Å². The van der Waals surface area contributed by atoms with Gasteiger partial charge in [-0.05, 0) is 24.6 Å². The minimum Gasteiger partial charge on any atom is -0.382 e. The Balaban J connectivity index is 1.65. The van der Waals surface area contributed by atoms with Crippen LogP contribution in [0.5, 0.6) is 0 Å². The number of hydrogen-bond donors (Lipinski definition) is 1. The smallest absolute Gasteiger partial charge is 0.261 e. The van der Waals surface area contributed by atoms with Gasteiger partial charge in [0.2, 0.25) is 0 Å². The maximum absolute atomic E-state index is 12.1. The van der Waals surface area contributed by atoms with Crippen molar-refractivity contribution in [3.05, 3.63) is 47.7 Å². The number of benzene rings is 1. The topological polar surface area (TPSA) is 81.2 Å². The van der Waals surface area contributed by atoms with E-state index >= 15 is 0 Å². The summed E-state index contributed by atoms with van der Waals surface area (Å²) >= 11 is 0. The normalized spacial score (nSPS) is 13.9. The van der Waals surface area contributed by atoms with Crippen LogP contribution in [0.25, 0.3) is 0 Å². The first-order valence-corrected chi connectivity index (χ1v) is 6.41. The van der Waals surface area contributed by atoms with Crippen molar-refractivity contribution >= 4 is 17.6 Å². The second kappa shape index (κ2) is 4.80. The highest BCUT2D eigenvalue weighted by Gasteiger charge is 2.34. The molecule has 0 fully saturated rings. The number of carbonyl (C=O) groups excluding carboxylic acids is 2. The Kier molecular flexibility index (Phi) is 2.98. The van der Waals surface area contributed by atoms with Gasteiger partial charge in [-0.2, -0.15) is 5.10 Å². The summed E-state index contributed by atoms with van der Waals surface area (Å²) in [4.78, 5) is 25.5. The molecule has 0 aliphatic carbocycles. The fourth-order valence-corrected chi connectivity index (χ4v) is 2.33. The standard InChI is InChI=1S/C14H14N4O2/c15-12-6-9-17(16-12)7-3-8-18-13(19)10-4-1-2-5-11(10)14(18)20/h1-2,4-6,9H,3,7-8H2,(H2,15,16). The van der Waals surface area contributed by atoms with Gasteiger partial charge in [-0.1, -0.05) is 12.1 Å². The molecule has 0 saturated carbocycles. The molecule has 1 aliphatic rings. The first-order chi connectivity index (χ1) is 9.66. The fourth-order valence-electron chi connectivity index (χ4n) is 2.33. The minimum absolute atomic E-state index is 0.217. The summed E-state index contributed by atoms with van der Waals surface area (Å²) in [7, 11) is 0. The summed E-state index contributed by atoms with van der Waals surface area (Å²) in [5, 5.41) is 4.06. The van der Waals surface area contributed by atoms with Gasteiger partial charge in [-0.25, -0.2) is 0 Å². The maximum Gasteiger partial charge on any atom is 0.261 e. The molecule has 2 N–H and O–H groups in total. The fraction of sp³-hybridized carbons (Fsp3) is 0.214. The SMILES string of the molecule is Nc1ccn(CCCN2C(=O)c3ccccc3C2=O)n1. The first kappa shape index (κ1) is 12.4. The average molecular weight is 270 g/mol. The van der Waals surface area contributed by atoms with Crippen molar-refractivity contribution in [2.45, 2.75) is 13.0 Å². The molecule has 0 radical (unpaired) electrons. The number of nitrogens with zero attached hydrogens (tertiary/aromatic N) is 3. The molecular formula is C14H14N4O2. The van der Waals surface area contributed by atoms with Gasteiger partial charge < -0.3 is 5.73 Å². The molecule has 2 heterocycles. The van der Waals surface area contributed by atoms with Gasteiger partial charge in [-0.3, -0.25) is 19.2 Å². The lowest BCUT2D eigenvalue weighted by Gasteiger charge is -2.13. The van der Waals surface area contributed by atoms with Crippen LogP contribution >= 0.6 is 0 Å². The molecule has 6 heteroatoms. The summed E-state index contributed by atoms with van der Waals surface area (Å²) in [6, 6.07) is 8.61. The zero-order chi connectivity index (χ0) is 14.1. The van der Waals surface area contributed by atoms with E-state index in [2.05, 4.69) is 5.10 Å². The van der Waals surface area contributed by atoms with Crippen molar-refractivity contribution in [3.8, 4) is 0 Å². The van der Waals surface area contributed by atoms with Crippen LogP contribution in [0.4, 0.5) is 5.82 Å². The molecular weight excluding hydrogens is 256 g/mol. The van der Waals surface area contributed by atoms with Gasteiger partial charge in [0.05, 0.1) is 11.1 Å². The van der Waals surface area contributed by atoms with Crippen LogP contribution < -0.4 is 5.73 Å². The van der Waals surface area contributed by atoms with E-state index in [0.717, 1.165) is 0 Å². The third-order valence-corrected chi connectivity index (χ3v) is 3.31. The first-order valence-electron chi connectivity index (χ1n) is 6.41. The molecule has 0 bridgehead atoms. The second-order valence-corrected chi connectivity index (χ2v) is 4.66. The monoisotopic (exact) mass is 270 g/mol. The van der Waals surface area contributed by atoms with E-state index in [-0.39, 0.29) is 11.8 Å². The van der Waals surface area contributed by atoms with Gasteiger partial charge >= 0.3 is 0 Å². The number of aryl methyl sites for hydroxylation is 1. The Hall–Kier alpha value is -2.63. The molecule has 1 aromatic heterocycles. The Bertz CT molecular complexity index is 642. The van der Waals surface area contributed by atoms with E-state index in [0.29, 0.717) is 36.5 Å². The van der Waals surface area contributed by atoms with E-state index in [1.165, 1.54) is 4.90 Å². The summed E-state index contributed by atoms with van der Waals surface area (Å²) in [5.74, 6) is 0.0295. The molecule has 6 nitrogen and oxygen atoms in total. The number of hydrogen-bond acceptors (Lipinski definition) is 4. The number of nitrogen functional groups attached to an aromatic ring is 1. The van der Waals surface area contributed by atoms with Gasteiger partial charge in [0.15, 0.2) is 0 Å². The van der Waals surface area contributed by atoms with Crippen LogP contribution in [0.15, 0.2) is 36.5 Å². The lowest BCUT2D eigenvalue weighted by Crippen LogP contribution is -2.31. The Morgan fingerprint density at radius 2 is 1.65 bits per heavy atom. The number of amides is 2. The molecule has 0 saturated heterocycles. The van der Waals surface area contributed by atoms with E-state index < -0.39 is 0 Å². The summed E-state index contributed by atoms with van der Waals surface area (Å²) in [5.41, 5.74) is 6.50. The summed E-state index contributed by atoms with van der Waals surface area (Å²) in [6.45, 7) is 0.997. The van der Waals surface area contributed by atoms with Gasteiger partial charge in [0.1, 0.15) is 5.82 Å². The van der Waals surface area contributed by atoms with E-state index in [4.69, 9.17) is 5.73 Å². The molecule has 2 aromatic rings. The molecule has 102 valence electrons. The van der Waals surface area contributed by atoms with Crippen LogP contribution in [-0.4, -0.2) is 33.0 Å². The second-order valence-electron chi connectivity index (χ2n) is 4.66. The molecule has 1 aliphatic heterocycles. The Morgan fingerprint density at radius 3 is 2.20 bits per heavy atom. The van der Waals surface area contributed by atoms with Crippen LogP contribution in [-0.2, 0) is 6.54 Å². The highest BCUT2D eigenvalue weighted by atomic mass is 16.2. The third kappa shape index (κ3) is 2.05. The van der Waals surface area contributed by atoms with Crippen molar-refractivity contribution < 1.29 is 9.59 Å². The lowest BCUT2D eigenvalue weighted by atomic mass is 10.1. The van der Waals surface area contributed by atoms with E-state index in [1.807, 2.05) is 0 Å². The van der Waals surface area contributed by atoms with Crippen LogP contribution in [0, 0.1) is 0 Å². The van der Waals surface area contributed by atoms with Crippen LogP contribution in [0.1, 0.15) is 27.1 Å². The van der Waals surface area contributed by atoms with Crippen molar-refractivity contribution in [2.24, 2.45) is 0 Å². The van der Waals surface area contributed by atoms with Gasteiger partial charge in [0, 0.05) is 19.3 Å². The van der Waals surface area contributed by atoms with Crippen LogP contribution in [0.2, 0.25) is 0 Å². The highest BCUT2D eigenvalue weighted by molar-refractivity contribution is 6.21. The molecule has 20 heavy (non-hydrogen) atoms. The maximum atomic E-state index is 12.1. The van der Waals surface area contributed by atoms with E-state index in [1.54, 1.807) is 41.2 Å². The van der Waals surface area contributed by atoms with Crippen molar-refractivity contribution in [1.29, 1.82) is 0 Å².